The molecule has 1 aliphatic rings. The quantitative estimate of drug-likeness (QED) is 0.844. The maximum absolute atomic E-state index is 5.93. The summed E-state index contributed by atoms with van der Waals surface area (Å²) in [7, 11) is 1.85. The van der Waals surface area contributed by atoms with Gasteiger partial charge in [-0.1, -0.05) is 25.7 Å². The highest BCUT2D eigenvalue weighted by Gasteiger charge is 2.35. The van der Waals surface area contributed by atoms with E-state index in [-0.39, 0.29) is 11.1 Å². The fourth-order valence-corrected chi connectivity index (χ4v) is 3.83. The van der Waals surface area contributed by atoms with Gasteiger partial charge in [-0.25, -0.2) is 4.98 Å². The summed E-state index contributed by atoms with van der Waals surface area (Å²) in [5.41, 5.74) is 0.0204. The van der Waals surface area contributed by atoms with E-state index in [2.05, 4.69) is 31.1 Å². The van der Waals surface area contributed by atoms with Crippen LogP contribution in [0.4, 0.5) is 0 Å². The van der Waals surface area contributed by atoms with E-state index in [4.69, 9.17) is 4.74 Å². The Morgan fingerprint density at radius 2 is 1.90 bits per heavy atom. The van der Waals surface area contributed by atoms with Crippen LogP contribution in [0.25, 0.3) is 0 Å². The Morgan fingerprint density at radius 3 is 2.45 bits per heavy atom. The van der Waals surface area contributed by atoms with Crippen molar-refractivity contribution < 1.29 is 4.74 Å². The largest absolute Gasteiger partial charge is 0.371 e. The summed E-state index contributed by atoms with van der Waals surface area (Å²) in [6.07, 6.45) is 9.41. The van der Waals surface area contributed by atoms with Crippen LogP contribution in [0.1, 0.15) is 69.2 Å². The Hall–Kier alpha value is -0.450. The minimum atomic E-state index is -0.124. The normalized spacial score (nSPS) is 19.8. The third kappa shape index (κ3) is 4.03. The summed E-state index contributed by atoms with van der Waals surface area (Å²) in [5, 5.41) is 4.70. The Kier molecular flexibility index (Phi) is 5.21. The predicted octanol–water partition coefficient (Wildman–Crippen LogP) is 4.23. The van der Waals surface area contributed by atoms with Gasteiger partial charge in [-0.3, -0.25) is 0 Å². The molecule has 0 spiro atoms. The second-order valence-electron chi connectivity index (χ2n) is 6.85. The lowest BCUT2D eigenvalue weighted by Gasteiger charge is -2.29. The molecule has 0 aromatic carbocycles. The molecule has 1 aliphatic carbocycles. The zero-order valence-corrected chi connectivity index (χ0v) is 14.1. The van der Waals surface area contributed by atoms with Crippen LogP contribution in [0, 0.1) is 0 Å². The lowest BCUT2D eigenvalue weighted by molar-refractivity contribution is -0.0279. The monoisotopic (exact) mass is 296 g/mol. The van der Waals surface area contributed by atoms with E-state index in [1.54, 1.807) is 0 Å². The van der Waals surface area contributed by atoms with Gasteiger partial charge in [0.15, 0.2) is 0 Å². The molecule has 20 heavy (non-hydrogen) atoms. The van der Waals surface area contributed by atoms with Crippen LogP contribution in [0.15, 0.2) is 6.20 Å². The van der Waals surface area contributed by atoms with Gasteiger partial charge >= 0.3 is 0 Å². The van der Waals surface area contributed by atoms with Gasteiger partial charge in [-0.05, 0) is 33.6 Å². The number of ether oxygens (including phenoxy) is 1. The molecule has 0 bridgehead atoms. The van der Waals surface area contributed by atoms with Gasteiger partial charge in [0.2, 0.25) is 0 Å². The first-order valence-electron chi connectivity index (χ1n) is 7.71. The molecule has 1 fully saturated rings. The van der Waals surface area contributed by atoms with Crippen molar-refractivity contribution >= 4 is 11.3 Å². The molecule has 1 aromatic rings. The zero-order chi connectivity index (χ0) is 14.6. The third-order valence-corrected chi connectivity index (χ3v) is 5.22. The molecule has 0 radical (unpaired) electrons. The lowest BCUT2D eigenvalue weighted by Crippen LogP contribution is -2.34. The molecule has 1 heterocycles. The highest BCUT2D eigenvalue weighted by molar-refractivity contribution is 7.11. The van der Waals surface area contributed by atoms with Crippen molar-refractivity contribution in [1.29, 1.82) is 0 Å². The molecule has 3 nitrogen and oxygen atoms in total. The molecule has 1 saturated carbocycles. The summed E-state index contributed by atoms with van der Waals surface area (Å²) in [4.78, 5) is 5.98. The van der Waals surface area contributed by atoms with Crippen molar-refractivity contribution in [2.24, 2.45) is 0 Å². The molecule has 0 aliphatic heterocycles. The van der Waals surface area contributed by atoms with Crippen molar-refractivity contribution in [3.63, 3.8) is 0 Å². The molecule has 0 unspecified atom stereocenters. The lowest BCUT2D eigenvalue weighted by atomic mass is 9.95. The van der Waals surface area contributed by atoms with Crippen LogP contribution in [-0.2, 0) is 16.9 Å². The van der Waals surface area contributed by atoms with Crippen molar-refractivity contribution in [2.75, 3.05) is 7.11 Å². The minimum Gasteiger partial charge on any atom is -0.371 e. The average molecular weight is 296 g/mol. The summed E-state index contributed by atoms with van der Waals surface area (Å²) in [5.74, 6) is 0. The number of thiazole rings is 1. The number of hydrogen-bond donors (Lipinski definition) is 1. The smallest absolute Gasteiger partial charge is 0.125 e. The van der Waals surface area contributed by atoms with Gasteiger partial charge in [0.05, 0.1) is 0 Å². The molecule has 114 valence electrons. The van der Waals surface area contributed by atoms with Crippen LogP contribution in [0.3, 0.4) is 0 Å². The first-order valence-corrected chi connectivity index (χ1v) is 8.52. The minimum absolute atomic E-state index is 0.124. The van der Waals surface area contributed by atoms with E-state index in [9.17, 15) is 0 Å². The third-order valence-electron chi connectivity index (χ3n) is 4.04. The fourth-order valence-electron chi connectivity index (χ4n) is 2.76. The summed E-state index contributed by atoms with van der Waals surface area (Å²) in [6.45, 7) is 7.46. The maximum Gasteiger partial charge on any atom is 0.125 e. The molecular formula is C16H28N2OS. The van der Waals surface area contributed by atoms with E-state index in [1.807, 2.05) is 24.6 Å². The van der Waals surface area contributed by atoms with E-state index >= 15 is 0 Å². The maximum atomic E-state index is 5.93. The van der Waals surface area contributed by atoms with Crippen LogP contribution >= 0.6 is 11.3 Å². The Morgan fingerprint density at radius 1 is 1.25 bits per heavy atom. The predicted molar refractivity (Wildman–Crippen MR) is 85.1 cm³/mol. The highest BCUT2D eigenvalue weighted by Crippen LogP contribution is 2.40. The molecule has 4 heteroatoms. The molecule has 0 saturated heterocycles. The number of nitrogens with one attached hydrogen (secondary N) is 1. The van der Waals surface area contributed by atoms with Gasteiger partial charge < -0.3 is 10.1 Å². The summed E-state index contributed by atoms with van der Waals surface area (Å²) < 4.78 is 5.93. The Bertz CT molecular complexity index is 414. The van der Waals surface area contributed by atoms with Gasteiger partial charge in [-0.15, -0.1) is 11.3 Å². The van der Waals surface area contributed by atoms with Gasteiger partial charge in [0.25, 0.3) is 0 Å². The number of nitrogens with zero attached hydrogens (tertiary/aromatic N) is 1. The summed E-state index contributed by atoms with van der Waals surface area (Å²) >= 11 is 1.81. The number of aromatic nitrogens is 1. The Balaban J connectivity index is 2.09. The van der Waals surface area contributed by atoms with Crippen LogP contribution in [-0.4, -0.2) is 17.6 Å². The van der Waals surface area contributed by atoms with E-state index in [1.165, 1.54) is 35.6 Å². The van der Waals surface area contributed by atoms with E-state index in [0.29, 0.717) is 0 Å². The topological polar surface area (TPSA) is 34.1 Å². The second kappa shape index (κ2) is 6.54. The average Bonchev–Trinajstić information content (AvgIpc) is 2.74. The molecule has 0 atom stereocenters. The SMILES string of the molecule is COC1(c2ncc(CNC(C)(C)C)s2)CCCCCC1. The number of hydrogen-bond acceptors (Lipinski definition) is 4. The molecule has 2 rings (SSSR count). The molecule has 1 aromatic heterocycles. The number of methoxy groups -OCH3 is 1. The molecular weight excluding hydrogens is 268 g/mol. The van der Waals surface area contributed by atoms with Crippen molar-refractivity contribution in [3.8, 4) is 0 Å². The van der Waals surface area contributed by atoms with Crippen molar-refractivity contribution in [3.05, 3.63) is 16.1 Å². The zero-order valence-electron chi connectivity index (χ0n) is 13.3. The van der Waals surface area contributed by atoms with Crippen molar-refractivity contribution in [1.82, 2.24) is 10.3 Å². The van der Waals surface area contributed by atoms with E-state index in [0.717, 1.165) is 19.4 Å². The van der Waals surface area contributed by atoms with Crippen molar-refractivity contribution in [2.45, 2.75) is 77.0 Å². The van der Waals surface area contributed by atoms with Gasteiger partial charge in [-0.2, -0.15) is 0 Å². The van der Waals surface area contributed by atoms with Crippen LogP contribution in [0.5, 0.6) is 0 Å². The van der Waals surface area contributed by atoms with Crippen LogP contribution in [0.2, 0.25) is 0 Å². The first-order chi connectivity index (χ1) is 9.45. The molecule has 1 N–H and O–H groups in total. The summed E-state index contributed by atoms with van der Waals surface area (Å²) in [6, 6.07) is 0. The highest BCUT2D eigenvalue weighted by atomic mass is 32.1. The standard InChI is InChI=1S/C16H28N2OS/c1-15(2,3)18-12-13-11-17-14(20-13)16(19-4)9-7-5-6-8-10-16/h11,18H,5-10,12H2,1-4H3. The fraction of sp³-hybridized carbons (Fsp3) is 0.812. The molecule has 0 amide bonds. The Labute approximate surface area is 127 Å². The first kappa shape index (κ1) is 15.9. The van der Waals surface area contributed by atoms with Crippen LogP contribution < -0.4 is 5.32 Å². The van der Waals surface area contributed by atoms with E-state index < -0.39 is 0 Å². The number of rotatable bonds is 4. The van der Waals surface area contributed by atoms with Gasteiger partial charge in [0, 0.05) is 30.3 Å². The second-order valence-corrected chi connectivity index (χ2v) is 7.96. The van der Waals surface area contributed by atoms with Gasteiger partial charge in [0.1, 0.15) is 10.6 Å².